The van der Waals surface area contributed by atoms with E-state index in [0.29, 0.717) is 25.3 Å². The van der Waals surface area contributed by atoms with Gasteiger partial charge in [-0.3, -0.25) is 4.55 Å². The normalized spacial score (nSPS) is 20.7. The maximum Gasteiger partial charge on any atom is 0.264 e. The van der Waals surface area contributed by atoms with Crippen LogP contribution in [0.5, 0.6) is 0 Å². The Bertz CT molecular complexity index is 1750. The standard InChI is InChI=1S/C41H54N2O3S/c1-8-9-27-42-35-21-12-10-19-33(35)40(4,5)37(42)25-23-31-17-16-18-32(39(31)30(2)3)24-26-38-41(6,7)34-20-11-13-22-36(34)43(38)28-14-15-29-47(44,45)46/h10-13,19-26,30H,8-9,14-18,27-29H2,1-7H3/p+1. The van der Waals surface area contributed by atoms with Gasteiger partial charge in [0.25, 0.3) is 10.1 Å². The van der Waals surface area contributed by atoms with E-state index >= 15 is 0 Å². The summed E-state index contributed by atoms with van der Waals surface area (Å²) in [5.41, 5.74) is 11.9. The summed E-state index contributed by atoms with van der Waals surface area (Å²) in [4.78, 5) is 2.55. The molecule has 0 fully saturated rings. The van der Waals surface area contributed by atoms with Crippen molar-refractivity contribution in [2.45, 2.75) is 104 Å². The molecule has 0 saturated carbocycles. The molecular weight excluding hydrogens is 601 g/mol. The Morgan fingerprint density at radius 2 is 1.60 bits per heavy atom. The molecule has 0 bridgehead atoms. The largest absolute Gasteiger partial charge is 0.344 e. The number of nitrogens with zero attached hydrogens (tertiary/aromatic N) is 2. The van der Waals surface area contributed by atoms with Crippen molar-refractivity contribution in [2.24, 2.45) is 5.92 Å². The second-order valence-electron chi connectivity index (χ2n) is 14.8. The zero-order valence-corrected chi connectivity index (χ0v) is 30.5. The molecule has 2 aromatic carbocycles. The molecule has 1 aliphatic carbocycles. The summed E-state index contributed by atoms with van der Waals surface area (Å²) in [7, 11) is -3.96. The summed E-state index contributed by atoms with van der Waals surface area (Å²) in [6.07, 6.45) is 16.3. The molecule has 2 heterocycles. The van der Waals surface area contributed by atoms with Crippen molar-refractivity contribution in [3.63, 3.8) is 0 Å². The van der Waals surface area contributed by atoms with Crippen LogP contribution < -0.4 is 4.90 Å². The van der Waals surface area contributed by atoms with Crippen LogP contribution in [0.3, 0.4) is 0 Å². The Kier molecular flexibility index (Phi) is 10.5. The molecule has 5 nitrogen and oxygen atoms in total. The van der Waals surface area contributed by atoms with Gasteiger partial charge < -0.3 is 4.90 Å². The average Bonchev–Trinajstić information content (AvgIpc) is 3.37. The number of hydrogen-bond acceptors (Lipinski definition) is 3. The van der Waals surface area contributed by atoms with Gasteiger partial charge in [-0.1, -0.05) is 89.6 Å². The second-order valence-corrected chi connectivity index (χ2v) is 16.4. The van der Waals surface area contributed by atoms with E-state index in [9.17, 15) is 13.0 Å². The molecule has 2 aliphatic heterocycles. The van der Waals surface area contributed by atoms with Gasteiger partial charge in [-0.05, 0) is 86.3 Å². The minimum absolute atomic E-state index is 0.0506. The highest BCUT2D eigenvalue weighted by molar-refractivity contribution is 7.85. The van der Waals surface area contributed by atoms with Crippen molar-refractivity contribution in [1.82, 2.24) is 0 Å². The van der Waals surface area contributed by atoms with Crippen LogP contribution in [-0.2, 0) is 20.9 Å². The molecule has 1 N–H and O–H groups in total. The first-order valence-corrected chi connectivity index (χ1v) is 19.3. The quantitative estimate of drug-likeness (QED) is 0.141. The summed E-state index contributed by atoms with van der Waals surface area (Å²) in [6, 6.07) is 17.5. The molecule has 252 valence electrons. The average molecular weight is 656 g/mol. The molecule has 0 amide bonds. The van der Waals surface area contributed by atoms with Gasteiger partial charge in [0.1, 0.15) is 6.54 Å². The lowest BCUT2D eigenvalue weighted by molar-refractivity contribution is -0.438. The number of fused-ring (bicyclic) bond motifs is 2. The van der Waals surface area contributed by atoms with Crippen LogP contribution in [0.1, 0.15) is 105 Å². The number of unbranched alkanes of at least 4 members (excludes halogenated alkanes) is 2. The molecule has 3 aliphatic rings. The minimum atomic E-state index is -3.96. The van der Waals surface area contributed by atoms with Crippen molar-refractivity contribution in [3.8, 4) is 0 Å². The van der Waals surface area contributed by atoms with Gasteiger partial charge in [0, 0.05) is 47.5 Å². The third-order valence-electron chi connectivity index (χ3n) is 10.4. The van der Waals surface area contributed by atoms with Crippen LogP contribution in [0.25, 0.3) is 0 Å². The third-order valence-corrected chi connectivity index (χ3v) is 11.2. The number of anilines is 1. The van der Waals surface area contributed by atoms with Crippen molar-refractivity contribution in [3.05, 3.63) is 106 Å². The highest BCUT2D eigenvalue weighted by Gasteiger charge is 2.44. The van der Waals surface area contributed by atoms with Gasteiger partial charge in [0.05, 0.1) is 11.2 Å². The SMILES string of the molecule is CCCCN1/C(=C/C=C2\CCCC(/C=C/C3=[N+](CCCCS(=O)(=O)O)c4ccccc4C3(C)C)=C2C(C)C)C(C)(C)c2ccccc21. The molecule has 0 spiro atoms. The number of hydrogen-bond donors (Lipinski definition) is 1. The number of benzene rings is 2. The zero-order valence-electron chi connectivity index (χ0n) is 29.6. The number of allylic oxidation sites excluding steroid dienone is 8. The van der Waals surface area contributed by atoms with Gasteiger partial charge in [0.2, 0.25) is 5.69 Å². The number of para-hydroxylation sites is 2. The van der Waals surface area contributed by atoms with Crippen LogP contribution in [0.4, 0.5) is 11.4 Å². The third kappa shape index (κ3) is 7.29. The summed E-state index contributed by atoms with van der Waals surface area (Å²) >= 11 is 0. The van der Waals surface area contributed by atoms with Gasteiger partial charge in [-0.25, -0.2) is 0 Å². The fourth-order valence-electron chi connectivity index (χ4n) is 8.03. The minimum Gasteiger partial charge on any atom is -0.344 e. The lowest BCUT2D eigenvalue weighted by Gasteiger charge is -2.28. The van der Waals surface area contributed by atoms with Crippen molar-refractivity contribution in [1.29, 1.82) is 0 Å². The highest BCUT2D eigenvalue weighted by atomic mass is 32.2. The predicted molar refractivity (Wildman–Crippen MR) is 198 cm³/mol. The van der Waals surface area contributed by atoms with Crippen LogP contribution in [0.2, 0.25) is 0 Å². The molecule has 2 aromatic rings. The molecule has 0 radical (unpaired) electrons. The maximum absolute atomic E-state index is 11.4. The first-order valence-electron chi connectivity index (χ1n) is 17.7. The molecule has 0 aromatic heterocycles. The Hall–Kier alpha value is -3.22. The van der Waals surface area contributed by atoms with E-state index in [1.807, 2.05) is 0 Å². The van der Waals surface area contributed by atoms with Crippen LogP contribution in [0, 0.1) is 5.92 Å². The maximum atomic E-state index is 11.4. The summed E-state index contributed by atoms with van der Waals surface area (Å²) in [5, 5.41) is 0. The molecular formula is C41H55N2O3S+. The van der Waals surface area contributed by atoms with Crippen molar-refractivity contribution >= 4 is 27.2 Å². The van der Waals surface area contributed by atoms with Gasteiger partial charge in [-0.2, -0.15) is 13.0 Å². The van der Waals surface area contributed by atoms with Gasteiger partial charge >= 0.3 is 0 Å². The first kappa shape index (κ1) is 35.1. The second kappa shape index (κ2) is 14.1. The van der Waals surface area contributed by atoms with E-state index in [-0.39, 0.29) is 16.6 Å². The molecule has 5 rings (SSSR count). The Labute approximate surface area is 284 Å². The molecule has 47 heavy (non-hydrogen) atoms. The zero-order chi connectivity index (χ0) is 34.0. The molecule has 0 unspecified atom stereocenters. The van der Waals surface area contributed by atoms with E-state index in [2.05, 4.69) is 131 Å². The molecule has 0 saturated heterocycles. The first-order chi connectivity index (χ1) is 22.3. The van der Waals surface area contributed by atoms with Crippen LogP contribution in [-0.4, -0.2) is 42.1 Å². The van der Waals surface area contributed by atoms with Gasteiger partial charge in [0.15, 0.2) is 5.71 Å². The Morgan fingerprint density at radius 1 is 0.894 bits per heavy atom. The van der Waals surface area contributed by atoms with E-state index in [1.165, 1.54) is 63.5 Å². The predicted octanol–water partition coefficient (Wildman–Crippen LogP) is 9.83. The fourth-order valence-corrected chi connectivity index (χ4v) is 8.59. The molecule has 0 atom stereocenters. The van der Waals surface area contributed by atoms with Crippen molar-refractivity contribution in [2.75, 3.05) is 23.7 Å². The van der Waals surface area contributed by atoms with Crippen LogP contribution >= 0.6 is 0 Å². The Balaban J connectivity index is 1.52. The van der Waals surface area contributed by atoms with E-state index in [4.69, 9.17) is 0 Å². The van der Waals surface area contributed by atoms with E-state index in [1.54, 1.807) is 0 Å². The van der Waals surface area contributed by atoms with E-state index < -0.39 is 10.1 Å². The summed E-state index contributed by atoms with van der Waals surface area (Å²) in [5.74, 6) is 0.201. The fraction of sp³-hybridized carbons (Fsp3) is 0.488. The topological polar surface area (TPSA) is 60.6 Å². The Morgan fingerprint density at radius 3 is 2.30 bits per heavy atom. The van der Waals surface area contributed by atoms with Crippen LogP contribution in [0.15, 0.2) is 95.3 Å². The monoisotopic (exact) mass is 655 g/mol. The highest BCUT2D eigenvalue weighted by Crippen LogP contribution is 2.48. The van der Waals surface area contributed by atoms with Crippen molar-refractivity contribution < 1.29 is 17.5 Å². The summed E-state index contributed by atoms with van der Waals surface area (Å²) < 4.78 is 34.3. The smallest absolute Gasteiger partial charge is 0.264 e. The lowest BCUT2D eigenvalue weighted by atomic mass is 9.79. The van der Waals surface area contributed by atoms with Gasteiger partial charge in [-0.15, -0.1) is 0 Å². The molecule has 6 heteroatoms. The lowest BCUT2D eigenvalue weighted by Crippen LogP contribution is -2.28. The summed E-state index contributed by atoms with van der Waals surface area (Å²) in [6.45, 7) is 17.9. The number of rotatable bonds is 12. The van der Waals surface area contributed by atoms with E-state index in [0.717, 1.165) is 25.8 Å².